The molecule has 0 bridgehead atoms. The van der Waals surface area contributed by atoms with Gasteiger partial charge < -0.3 is 0 Å². The lowest BCUT2D eigenvalue weighted by atomic mass is 10.1. The van der Waals surface area contributed by atoms with E-state index in [1.807, 2.05) is 48.2 Å². The van der Waals surface area contributed by atoms with Gasteiger partial charge in [0.05, 0.1) is 24.2 Å². The SMILES string of the molecule is Cc1cc(C)n(Cc2cccc(C(=O)Nc3nc(-c4ccc(NS(C)(=O)=O)cc4)cs3)c2)n1. The summed E-state index contributed by atoms with van der Waals surface area (Å²) in [5.74, 6) is -0.237. The molecule has 0 spiro atoms. The number of carbonyl (C=O) groups is 1. The summed E-state index contributed by atoms with van der Waals surface area (Å²) in [5.41, 5.74) is 5.54. The van der Waals surface area contributed by atoms with Gasteiger partial charge >= 0.3 is 0 Å². The van der Waals surface area contributed by atoms with Crippen molar-refractivity contribution in [1.82, 2.24) is 14.8 Å². The van der Waals surface area contributed by atoms with Gasteiger partial charge in [-0.05, 0) is 49.7 Å². The van der Waals surface area contributed by atoms with Crippen molar-refractivity contribution in [2.45, 2.75) is 20.4 Å². The second-order valence-corrected chi connectivity index (χ2v) is 10.3. The molecule has 0 saturated heterocycles. The van der Waals surface area contributed by atoms with Crippen molar-refractivity contribution in [2.75, 3.05) is 16.3 Å². The van der Waals surface area contributed by atoms with Crippen molar-refractivity contribution in [2.24, 2.45) is 0 Å². The third-order valence-electron chi connectivity index (χ3n) is 4.83. The number of nitrogens with zero attached hydrogens (tertiary/aromatic N) is 3. The number of benzene rings is 2. The lowest BCUT2D eigenvalue weighted by Crippen LogP contribution is -2.12. The van der Waals surface area contributed by atoms with E-state index in [2.05, 4.69) is 20.1 Å². The van der Waals surface area contributed by atoms with Crippen LogP contribution >= 0.6 is 11.3 Å². The van der Waals surface area contributed by atoms with E-state index in [4.69, 9.17) is 0 Å². The first-order chi connectivity index (χ1) is 15.7. The highest BCUT2D eigenvalue weighted by atomic mass is 32.2. The molecule has 2 heterocycles. The quantitative estimate of drug-likeness (QED) is 0.409. The van der Waals surface area contributed by atoms with E-state index in [0.717, 1.165) is 28.8 Å². The third kappa shape index (κ3) is 5.85. The van der Waals surface area contributed by atoms with Crippen molar-refractivity contribution < 1.29 is 13.2 Å². The van der Waals surface area contributed by atoms with Crippen LogP contribution in [0.5, 0.6) is 0 Å². The first-order valence-corrected chi connectivity index (χ1v) is 12.9. The standard InChI is InChI=1S/C23H23N5O3S2/c1-15-11-16(2)28(26-15)13-17-5-4-6-19(12-17)22(29)25-23-24-21(14-32-23)18-7-9-20(10-8-18)27-33(3,30)31/h4-12,14,27H,13H2,1-3H3,(H,24,25,29). The summed E-state index contributed by atoms with van der Waals surface area (Å²) in [6.45, 7) is 4.55. The lowest BCUT2D eigenvalue weighted by Gasteiger charge is -2.07. The van der Waals surface area contributed by atoms with E-state index in [0.29, 0.717) is 28.6 Å². The molecule has 0 saturated carbocycles. The van der Waals surface area contributed by atoms with Gasteiger partial charge in [-0.2, -0.15) is 5.10 Å². The molecule has 2 aromatic heterocycles. The molecule has 0 aliphatic heterocycles. The average molecular weight is 482 g/mol. The molecule has 0 unspecified atom stereocenters. The number of hydrogen-bond acceptors (Lipinski definition) is 6. The maximum absolute atomic E-state index is 12.8. The topological polar surface area (TPSA) is 106 Å². The highest BCUT2D eigenvalue weighted by Gasteiger charge is 2.12. The molecule has 0 aliphatic rings. The molecule has 10 heteroatoms. The van der Waals surface area contributed by atoms with Crippen molar-refractivity contribution in [1.29, 1.82) is 0 Å². The number of aromatic nitrogens is 3. The van der Waals surface area contributed by atoms with Crippen LogP contribution in [0.1, 0.15) is 27.3 Å². The highest BCUT2D eigenvalue weighted by Crippen LogP contribution is 2.26. The Balaban J connectivity index is 1.44. The minimum atomic E-state index is -3.33. The van der Waals surface area contributed by atoms with Crippen LogP contribution in [0.2, 0.25) is 0 Å². The molecule has 0 aliphatic carbocycles. The van der Waals surface area contributed by atoms with Crippen LogP contribution in [0.25, 0.3) is 11.3 Å². The van der Waals surface area contributed by atoms with Crippen LogP contribution in [-0.4, -0.2) is 35.3 Å². The molecule has 0 fully saturated rings. The minimum Gasteiger partial charge on any atom is -0.298 e. The molecule has 2 aromatic carbocycles. The number of nitrogens with one attached hydrogen (secondary N) is 2. The Hall–Kier alpha value is -3.50. The number of anilines is 2. The van der Waals surface area contributed by atoms with E-state index >= 15 is 0 Å². The monoisotopic (exact) mass is 481 g/mol. The van der Waals surface area contributed by atoms with Gasteiger partial charge in [0.2, 0.25) is 10.0 Å². The number of rotatable bonds is 7. The Morgan fingerprint density at radius 1 is 1.09 bits per heavy atom. The zero-order chi connectivity index (χ0) is 23.6. The van der Waals surface area contributed by atoms with Gasteiger partial charge in [-0.15, -0.1) is 11.3 Å². The van der Waals surface area contributed by atoms with E-state index in [1.54, 1.807) is 30.3 Å². The average Bonchev–Trinajstić information content (AvgIpc) is 3.33. The molecule has 33 heavy (non-hydrogen) atoms. The van der Waals surface area contributed by atoms with Gasteiger partial charge in [0, 0.05) is 27.9 Å². The molecule has 0 atom stereocenters. The van der Waals surface area contributed by atoms with E-state index in [1.165, 1.54) is 11.3 Å². The summed E-state index contributed by atoms with van der Waals surface area (Å²) < 4.78 is 27.0. The van der Waals surface area contributed by atoms with Crippen LogP contribution in [-0.2, 0) is 16.6 Å². The van der Waals surface area contributed by atoms with Crippen LogP contribution in [0.3, 0.4) is 0 Å². The van der Waals surface area contributed by atoms with E-state index in [9.17, 15) is 13.2 Å². The Kier molecular flexibility index (Phi) is 6.30. The predicted molar refractivity (Wildman–Crippen MR) is 131 cm³/mol. The number of amides is 1. The van der Waals surface area contributed by atoms with Gasteiger partial charge in [0.25, 0.3) is 5.91 Å². The number of aryl methyl sites for hydroxylation is 2. The fraction of sp³-hybridized carbons (Fsp3) is 0.174. The number of carbonyl (C=O) groups excluding carboxylic acids is 1. The normalized spacial score (nSPS) is 11.4. The molecule has 4 aromatic rings. The van der Waals surface area contributed by atoms with Gasteiger partial charge in [-0.3, -0.25) is 19.5 Å². The van der Waals surface area contributed by atoms with Crippen LogP contribution in [0, 0.1) is 13.8 Å². The van der Waals surface area contributed by atoms with Gasteiger partial charge in [0.15, 0.2) is 5.13 Å². The van der Waals surface area contributed by atoms with Gasteiger partial charge in [-0.1, -0.05) is 24.3 Å². The smallest absolute Gasteiger partial charge is 0.257 e. The lowest BCUT2D eigenvalue weighted by molar-refractivity contribution is 0.102. The Morgan fingerprint density at radius 2 is 1.85 bits per heavy atom. The highest BCUT2D eigenvalue weighted by molar-refractivity contribution is 7.92. The molecule has 8 nitrogen and oxygen atoms in total. The zero-order valence-electron chi connectivity index (χ0n) is 18.4. The minimum absolute atomic E-state index is 0.237. The first-order valence-electron chi connectivity index (χ1n) is 10.1. The predicted octanol–water partition coefficient (Wildman–Crippen LogP) is 4.30. The summed E-state index contributed by atoms with van der Waals surface area (Å²) >= 11 is 1.32. The molecular formula is C23H23N5O3S2. The van der Waals surface area contributed by atoms with Crippen LogP contribution < -0.4 is 10.0 Å². The molecule has 0 radical (unpaired) electrons. The number of sulfonamides is 1. The van der Waals surface area contributed by atoms with E-state index in [-0.39, 0.29) is 5.91 Å². The van der Waals surface area contributed by atoms with Gasteiger partial charge in [-0.25, -0.2) is 13.4 Å². The summed E-state index contributed by atoms with van der Waals surface area (Å²) in [4.78, 5) is 17.3. The van der Waals surface area contributed by atoms with Crippen LogP contribution in [0.15, 0.2) is 60.0 Å². The van der Waals surface area contributed by atoms with Crippen molar-refractivity contribution in [3.8, 4) is 11.3 Å². The maximum atomic E-state index is 12.8. The van der Waals surface area contributed by atoms with Crippen LogP contribution in [0.4, 0.5) is 10.8 Å². The number of thiazole rings is 1. The summed E-state index contributed by atoms with van der Waals surface area (Å²) in [7, 11) is -3.33. The fourth-order valence-electron chi connectivity index (χ4n) is 3.38. The molecule has 4 rings (SSSR count). The maximum Gasteiger partial charge on any atom is 0.257 e. The van der Waals surface area contributed by atoms with Crippen molar-refractivity contribution in [3.63, 3.8) is 0 Å². The molecular weight excluding hydrogens is 458 g/mol. The third-order valence-corrected chi connectivity index (χ3v) is 6.20. The molecule has 2 N–H and O–H groups in total. The Bertz CT molecular complexity index is 1410. The second kappa shape index (κ2) is 9.16. The van der Waals surface area contributed by atoms with Gasteiger partial charge in [0.1, 0.15) is 0 Å². The number of hydrogen-bond donors (Lipinski definition) is 2. The first kappa shape index (κ1) is 22.7. The Morgan fingerprint density at radius 3 is 2.52 bits per heavy atom. The Labute approximate surface area is 196 Å². The summed E-state index contributed by atoms with van der Waals surface area (Å²) in [6, 6.07) is 16.4. The molecule has 170 valence electrons. The summed E-state index contributed by atoms with van der Waals surface area (Å²) in [6.07, 6.45) is 1.10. The summed E-state index contributed by atoms with van der Waals surface area (Å²) in [5, 5.41) is 9.65. The fourth-order valence-corrected chi connectivity index (χ4v) is 4.65. The van der Waals surface area contributed by atoms with E-state index < -0.39 is 10.0 Å². The molecule has 1 amide bonds. The van der Waals surface area contributed by atoms with Crippen molar-refractivity contribution in [3.05, 3.63) is 82.5 Å². The largest absolute Gasteiger partial charge is 0.298 e. The van der Waals surface area contributed by atoms with Crippen molar-refractivity contribution >= 4 is 38.1 Å². The second-order valence-electron chi connectivity index (χ2n) is 7.73. The zero-order valence-corrected chi connectivity index (χ0v) is 20.0.